The van der Waals surface area contributed by atoms with Crippen LogP contribution in [0.5, 0.6) is 0 Å². The summed E-state index contributed by atoms with van der Waals surface area (Å²) in [7, 11) is 0. The molecule has 0 spiro atoms. The summed E-state index contributed by atoms with van der Waals surface area (Å²) >= 11 is 2.68. The second kappa shape index (κ2) is 7.38. The van der Waals surface area contributed by atoms with E-state index in [0.29, 0.717) is 23.1 Å². The van der Waals surface area contributed by atoms with Crippen molar-refractivity contribution in [2.45, 2.75) is 36.3 Å². The van der Waals surface area contributed by atoms with Crippen molar-refractivity contribution in [3.63, 3.8) is 0 Å². The molecule has 5 nitrogen and oxygen atoms in total. The number of carbonyl (C=O) groups is 2. The molecule has 0 aliphatic carbocycles. The number of hydrogen-bond acceptors (Lipinski definition) is 6. The summed E-state index contributed by atoms with van der Waals surface area (Å²) in [6, 6.07) is 0. The van der Waals surface area contributed by atoms with Gasteiger partial charge in [-0.2, -0.15) is 0 Å². The number of thioether (sulfide) groups is 1. The van der Waals surface area contributed by atoms with E-state index in [2.05, 4.69) is 4.98 Å². The Kier molecular flexibility index (Phi) is 6.14. The lowest BCUT2D eigenvalue weighted by molar-refractivity contribution is -0.142. The van der Waals surface area contributed by atoms with Gasteiger partial charge in [-0.15, -0.1) is 11.3 Å². The number of rotatable bonds is 7. The fourth-order valence-electron chi connectivity index (χ4n) is 1.23. The zero-order valence-corrected chi connectivity index (χ0v) is 11.8. The van der Waals surface area contributed by atoms with E-state index in [1.165, 1.54) is 23.1 Å². The number of carboxylic acid groups (broad SMARTS) is 1. The summed E-state index contributed by atoms with van der Waals surface area (Å²) in [6.07, 6.45) is 0.560. The van der Waals surface area contributed by atoms with Crippen molar-refractivity contribution < 1.29 is 19.4 Å². The van der Waals surface area contributed by atoms with Crippen molar-refractivity contribution in [1.29, 1.82) is 0 Å². The van der Waals surface area contributed by atoms with Crippen LogP contribution in [0.2, 0.25) is 0 Å². The highest BCUT2D eigenvalue weighted by Crippen LogP contribution is 2.29. The van der Waals surface area contributed by atoms with Gasteiger partial charge in [-0.25, -0.2) is 4.98 Å². The van der Waals surface area contributed by atoms with Crippen molar-refractivity contribution in [2.75, 3.05) is 6.61 Å². The van der Waals surface area contributed by atoms with Crippen LogP contribution in [0.1, 0.15) is 26.0 Å². The second-order valence-corrected chi connectivity index (χ2v) is 5.75. The lowest BCUT2D eigenvalue weighted by Gasteiger charge is -2.10. The first-order valence-electron chi connectivity index (χ1n) is 5.56. The maximum atomic E-state index is 11.6. The zero-order valence-electron chi connectivity index (χ0n) is 10.2. The molecule has 0 aromatic carbocycles. The Morgan fingerprint density at radius 2 is 2.28 bits per heavy atom. The second-order valence-electron chi connectivity index (χ2n) is 3.44. The standard InChI is InChI=1S/C11H15NO4S2/c1-3-8(10(15)16-4-2)18-11-12-7(6-17-11)5-9(13)14/h6,8H,3-5H2,1-2H3,(H,13,14). The van der Waals surface area contributed by atoms with Crippen LogP contribution < -0.4 is 0 Å². The molecule has 0 aliphatic rings. The van der Waals surface area contributed by atoms with Crippen LogP contribution in [0, 0.1) is 0 Å². The molecule has 0 fully saturated rings. The maximum absolute atomic E-state index is 11.6. The average Bonchev–Trinajstić information content (AvgIpc) is 2.72. The number of esters is 1. The van der Waals surface area contributed by atoms with Crippen LogP contribution in [0.4, 0.5) is 0 Å². The maximum Gasteiger partial charge on any atom is 0.319 e. The predicted molar refractivity (Wildman–Crippen MR) is 70.0 cm³/mol. The smallest absolute Gasteiger partial charge is 0.319 e. The highest BCUT2D eigenvalue weighted by Gasteiger charge is 2.20. The third-order valence-electron chi connectivity index (χ3n) is 2.03. The predicted octanol–water partition coefficient (Wildman–Crippen LogP) is 2.20. The molecule has 0 aliphatic heterocycles. The topological polar surface area (TPSA) is 76.5 Å². The Hall–Kier alpha value is -1.08. The number of carboxylic acids is 1. The Labute approximate surface area is 114 Å². The third-order valence-corrected chi connectivity index (χ3v) is 4.39. The van der Waals surface area contributed by atoms with Crippen LogP contribution in [-0.2, 0) is 20.7 Å². The van der Waals surface area contributed by atoms with Gasteiger partial charge in [0, 0.05) is 5.38 Å². The Morgan fingerprint density at radius 3 is 2.83 bits per heavy atom. The van der Waals surface area contributed by atoms with Crippen molar-refractivity contribution in [3.8, 4) is 0 Å². The molecule has 1 N–H and O–H groups in total. The van der Waals surface area contributed by atoms with Crippen molar-refractivity contribution in [3.05, 3.63) is 11.1 Å². The van der Waals surface area contributed by atoms with Gasteiger partial charge in [-0.1, -0.05) is 18.7 Å². The summed E-state index contributed by atoms with van der Waals surface area (Å²) in [5, 5.41) is 10.1. The van der Waals surface area contributed by atoms with Crippen LogP contribution >= 0.6 is 23.1 Å². The van der Waals surface area contributed by atoms with Gasteiger partial charge in [0.1, 0.15) is 5.25 Å². The molecule has 7 heteroatoms. The number of hydrogen-bond donors (Lipinski definition) is 1. The molecule has 18 heavy (non-hydrogen) atoms. The van der Waals surface area contributed by atoms with E-state index >= 15 is 0 Å². The van der Waals surface area contributed by atoms with E-state index in [-0.39, 0.29) is 17.6 Å². The molecule has 1 rings (SSSR count). The molecule has 0 bridgehead atoms. The Balaban J connectivity index is 2.61. The van der Waals surface area contributed by atoms with Gasteiger partial charge in [-0.3, -0.25) is 9.59 Å². The number of aliphatic carboxylic acids is 1. The van der Waals surface area contributed by atoms with E-state index < -0.39 is 5.97 Å². The molecule has 0 saturated carbocycles. The lowest BCUT2D eigenvalue weighted by atomic mass is 10.3. The number of ether oxygens (including phenoxy) is 1. The minimum Gasteiger partial charge on any atom is -0.481 e. The van der Waals surface area contributed by atoms with Crippen LogP contribution in [-0.4, -0.2) is 33.9 Å². The SMILES string of the molecule is CCOC(=O)C(CC)Sc1nc(CC(=O)O)cs1. The number of carbonyl (C=O) groups excluding carboxylic acids is 1. The fourth-order valence-corrected chi connectivity index (χ4v) is 3.24. The minimum absolute atomic E-state index is 0.0900. The van der Waals surface area contributed by atoms with Crippen LogP contribution in [0.15, 0.2) is 9.72 Å². The lowest BCUT2D eigenvalue weighted by Crippen LogP contribution is -2.19. The van der Waals surface area contributed by atoms with Crippen molar-refractivity contribution in [2.24, 2.45) is 0 Å². The summed E-state index contributed by atoms with van der Waals surface area (Å²) in [5.41, 5.74) is 0.522. The van der Waals surface area contributed by atoms with Gasteiger partial charge in [0.15, 0.2) is 4.34 Å². The van der Waals surface area contributed by atoms with Crippen LogP contribution in [0.25, 0.3) is 0 Å². The molecule has 0 radical (unpaired) electrons. The van der Waals surface area contributed by atoms with Crippen molar-refractivity contribution in [1.82, 2.24) is 4.98 Å². The van der Waals surface area contributed by atoms with E-state index in [0.717, 1.165) is 0 Å². The van der Waals surface area contributed by atoms with Crippen molar-refractivity contribution >= 4 is 35.0 Å². The van der Waals surface area contributed by atoms with E-state index in [1.54, 1.807) is 12.3 Å². The van der Waals surface area contributed by atoms with Gasteiger partial charge < -0.3 is 9.84 Å². The van der Waals surface area contributed by atoms with Gasteiger partial charge in [0.05, 0.1) is 18.7 Å². The zero-order chi connectivity index (χ0) is 13.5. The average molecular weight is 289 g/mol. The molecule has 100 valence electrons. The molecule has 1 heterocycles. The molecule has 0 amide bonds. The van der Waals surface area contributed by atoms with Crippen LogP contribution in [0.3, 0.4) is 0 Å². The molecular formula is C11H15NO4S2. The molecule has 0 saturated heterocycles. The van der Waals surface area contributed by atoms with E-state index in [1.807, 2.05) is 6.92 Å². The first-order chi connectivity index (χ1) is 8.56. The van der Waals surface area contributed by atoms with E-state index in [4.69, 9.17) is 9.84 Å². The largest absolute Gasteiger partial charge is 0.481 e. The third kappa shape index (κ3) is 4.66. The monoisotopic (exact) mass is 289 g/mol. The number of aromatic nitrogens is 1. The summed E-state index contributed by atoms with van der Waals surface area (Å²) in [4.78, 5) is 26.3. The fraction of sp³-hybridized carbons (Fsp3) is 0.545. The first kappa shape index (κ1) is 15.0. The number of thiazole rings is 1. The molecular weight excluding hydrogens is 274 g/mol. The highest BCUT2D eigenvalue weighted by atomic mass is 32.2. The molecule has 1 unspecified atom stereocenters. The summed E-state index contributed by atoms with van der Waals surface area (Å²) in [5.74, 6) is -1.16. The normalized spacial score (nSPS) is 12.1. The first-order valence-corrected chi connectivity index (χ1v) is 7.32. The highest BCUT2D eigenvalue weighted by molar-refractivity contribution is 8.02. The molecule has 1 aromatic rings. The quantitative estimate of drug-likeness (QED) is 0.612. The van der Waals surface area contributed by atoms with Gasteiger partial charge >= 0.3 is 11.9 Å². The Morgan fingerprint density at radius 1 is 1.56 bits per heavy atom. The van der Waals surface area contributed by atoms with Gasteiger partial charge in [0.2, 0.25) is 0 Å². The van der Waals surface area contributed by atoms with Gasteiger partial charge in [-0.05, 0) is 13.3 Å². The van der Waals surface area contributed by atoms with E-state index in [9.17, 15) is 9.59 Å². The van der Waals surface area contributed by atoms with Gasteiger partial charge in [0.25, 0.3) is 0 Å². The summed E-state index contributed by atoms with van der Waals surface area (Å²) < 4.78 is 5.66. The summed E-state index contributed by atoms with van der Waals surface area (Å²) in [6.45, 7) is 4.03. The Bertz CT molecular complexity index is 419. The molecule has 1 atom stereocenters. The minimum atomic E-state index is -0.908. The number of nitrogens with zero attached hydrogens (tertiary/aromatic N) is 1. The molecule has 1 aromatic heterocycles.